The predicted octanol–water partition coefficient (Wildman–Crippen LogP) is 2.14. The monoisotopic (exact) mass is 345 g/mol. The SMILES string of the molecule is CNC(=O)c1ccc2c(c1)[C@H](NC(=O)O)[C@@H](C)[C@@H](C1CC1)N2C(C)=O. The van der Waals surface area contributed by atoms with Gasteiger partial charge in [0.15, 0.2) is 0 Å². The average Bonchev–Trinajstić information content (AvgIpc) is 3.39. The zero-order chi connectivity index (χ0) is 18.3. The van der Waals surface area contributed by atoms with Gasteiger partial charge < -0.3 is 20.6 Å². The molecule has 1 aromatic carbocycles. The minimum Gasteiger partial charge on any atom is -0.465 e. The van der Waals surface area contributed by atoms with Gasteiger partial charge in [0, 0.05) is 37.2 Å². The van der Waals surface area contributed by atoms with Crippen molar-refractivity contribution < 1.29 is 19.5 Å². The Hall–Kier alpha value is -2.57. The molecule has 3 rings (SSSR count). The number of hydrogen-bond donors (Lipinski definition) is 3. The first-order valence-corrected chi connectivity index (χ1v) is 8.50. The Kier molecular flexibility index (Phi) is 4.41. The fourth-order valence-corrected chi connectivity index (χ4v) is 3.98. The van der Waals surface area contributed by atoms with Crippen LogP contribution in [-0.4, -0.2) is 36.1 Å². The minimum absolute atomic E-state index is 0.0345. The van der Waals surface area contributed by atoms with Crippen molar-refractivity contribution in [2.75, 3.05) is 11.9 Å². The van der Waals surface area contributed by atoms with Crippen LogP contribution in [-0.2, 0) is 4.79 Å². The summed E-state index contributed by atoms with van der Waals surface area (Å²) in [5, 5.41) is 14.4. The van der Waals surface area contributed by atoms with Gasteiger partial charge in [-0.3, -0.25) is 9.59 Å². The molecular weight excluding hydrogens is 322 g/mol. The number of rotatable bonds is 3. The Morgan fingerprint density at radius 3 is 2.44 bits per heavy atom. The number of benzene rings is 1. The third-order valence-corrected chi connectivity index (χ3v) is 5.20. The van der Waals surface area contributed by atoms with Gasteiger partial charge in [-0.15, -0.1) is 0 Å². The third kappa shape index (κ3) is 3.06. The predicted molar refractivity (Wildman–Crippen MR) is 92.6 cm³/mol. The first-order valence-electron chi connectivity index (χ1n) is 8.50. The van der Waals surface area contributed by atoms with E-state index in [1.165, 1.54) is 6.92 Å². The van der Waals surface area contributed by atoms with Crippen LogP contribution in [0.4, 0.5) is 10.5 Å². The highest BCUT2D eigenvalue weighted by Crippen LogP contribution is 2.49. The molecule has 3 N–H and O–H groups in total. The molecule has 0 aromatic heterocycles. The van der Waals surface area contributed by atoms with Crippen LogP contribution in [0.3, 0.4) is 0 Å². The lowest BCUT2D eigenvalue weighted by Crippen LogP contribution is -2.53. The summed E-state index contributed by atoms with van der Waals surface area (Å²) in [6, 6.07) is 4.61. The van der Waals surface area contributed by atoms with Crippen molar-refractivity contribution in [3.8, 4) is 0 Å². The van der Waals surface area contributed by atoms with Crippen LogP contribution in [0, 0.1) is 11.8 Å². The molecule has 1 aliphatic carbocycles. The zero-order valence-corrected chi connectivity index (χ0v) is 14.6. The van der Waals surface area contributed by atoms with Crippen molar-refractivity contribution in [2.45, 2.75) is 38.8 Å². The van der Waals surface area contributed by atoms with E-state index >= 15 is 0 Å². The summed E-state index contributed by atoms with van der Waals surface area (Å²) >= 11 is 0. The van der Waals surface area contributed by atoms with Crippen LogP contribution in [0.5, 0.6) is 0 Å². The van der Waals surface area contributed by atoms with E-state index < -0.39 is 12.1 Å². The van der Waals surface area contributed by atoms with Gasteiger partial charge in [-0.05, 0) is 42.5 Å². The van der Waals surface area contributed by atoms with Gasteiger partial charge in [0.2, 0.25) is 5.91 Å². The van der Waals surface area contributed by atoms with Crippen LogP contribution in [0.1, 0.15) is 48.7 Å². The van der Waals surface area contributed by atoms with Crippen LogP contribution in [0.25, 0.3) is 0 Å². The number of carboxylic acid groups (broad SMARTS) is 1. The summed E-state index contributed by atoms with van der Waals surface area (Å²) in [5.74, 6) is -0.00149. The first-order chi connectivity index (χ1) is 11.8. The fourth-order valence-electron chi connectivity index (χ4n) is 3.98. The number of hydrogen-bond acceptors (Lipinski definition) is 3. The summed E-state index contributed by atoms with van der Waals surface area (Å²) in [6.45, 7) is 3.50. The number of carbonyl (C=O) groups is 3. The Morgan fingerprint density at radius 1 is 1.24 bits per heavy atom. The highest BCUT2D eigenvalue weighted by molar-refractivity contribution is 5.98. The minimum atomic E-state index is -1.11. The van der Waals surface area contributed by atoms with E-state index in [-0.39, 0.29) is 23.8 Å². The second-order valence-electron chi connectivity index (χ2n) is 6.86. The van der Waals surface area contributed by atoms with Crippen LogP contribution >= 0.6 is 0 Å². The quantitative estimate of drug-likeness (QED) is 0.781. The molecule has 0 unspecified atom stereocenters. The highest BCUT2D eigenvalue weighted by Gasteiger charge is 2.48. The topological polar surface area (TPSA) is 98.7 Å². The van der Waals surface area contributed by atoms with Crippen molar-refractivity contribution in [1.29, 1.82) is 0 Å². The Bertz CT molecular complexity index is 729. The number of nitrogens with one attached hydrogen (secondary N) is 2. The van der Waals surface area contributed by atoms with Crippen molar-refractivity contribution >= 4 is 23.6 Å². The summed E-state index contributed by atoms with van der Waals surface area (Å²) < 4.78 is 0. The van der Waals surface area contributed by atoms with E-state index in [9.17, 15) is 19.5 Å². The second-order valence-corrected chi connectivity index (χ2v) is 6.86. The average molecular weight is 345 g/mol. The van der Waals surface area contributed by atoms with E-state index in [1.54, 1.807) is 30.1 Å². The third-order valence-electron chi connectivity index (χ3n) is 5.20. The van der Waals surface area contributed by atoms with Crippen molar-refractivity contribution in [3.05, 3.63) is 29.3 Å². The molecule has 2 aliphatic rings. The van der Waals surface area contributed by atoms with Crippen molar-refractivity contribution in [2.24, 2.45) is 11.8 Å². The van der Waals surface area contributed by atoms with Gasteiger partial charge >= 0.3 is 6.09 Å². The van der Waals surface area contributed by atoms with E-state index in [4.69, 9.17) is 0 Å². The molecule has 1 saturated carbocycles. The van der Waals surface area contributed by atoms with Crippen molar-refractivity contribution in [3.63, 3.8) is 0 Å². The Labute approximate surface area is 146 Å². The normalized spacial score (nSPS) is 25.1. The smallest absolute Gasteiger partial charge is 0.405 e. The summed E-state index contributed by atoms with van der Waals surface area (Å²) in [6.07, 6.45) is 0.980. The molecule has 3 amide bonds. The maximum Gasteiger partial charge on any atom is 0.405 e. The molecule has 1 aromatic rings. The molecule has 7 nitrogen and oxygen atoms in total. The first kappa shape index (κ1) is 17.3. The number of amides is 3. The standard InChI is InChI=1S/C18H23N3O4/c1-9-15(20-18(24)25)13-8-12(17(23)19-3)6-7-14(13)21(10(2)22)16(9)11-4-5-11/h6-9,11,15-16,20H,4-5H2,1-3H3,(H,19,23)(H,24,25)/t9-,15-,16+/m1/s1. The molecule has 0 saturated heterocycles. The van der Waals surface area contributed by atoms with Gasteiger partial charge in [-0.1, -0.05) is 6.92 Å². The summed E-state index contributed by atoms with van der Waals surface area (Å²) in [5.41, 5.74) is 1.80. The number of carbonyl (C=O) groups excluding carboxylic acids is 2. The molecule has 1 heterocycles. The van der Waals surface area contributed by atoms with Gasteiger partial charge in [-0.25, -0.2) is 4.79 Å². The number of fused-ring (bicyclic) bond motifs is 1. The molecule has 1 fully saturated rings. The molecule has 0 bridgehead atoms. The van der Waals surface area contributed by atoms with E-state index in [2.05, 4.69) is 10.6 Å². The van der Waals surface area contributed by atoms with Crippen molar-refractivity contribution in [1.82, 2.24) is 10.6 Å². The van der Waals surface area contributed by atoms with Crippen LogP contribution < -0.4 is 15.5 Å². The molecule has 0 radical (unpaired) electrons. The Morgan fingerprint density at radius 2 is 1.92 bits per heavy atom. The van der Waals surface area contributed by atoms with E-state index in [1.807, 2.05) is 6.92 Å². The lowest BCUT2D eigenvalue weighted by Gasteiger charge is -2.45. The van der Waals surface area contributed by atoms with E-state index in [0.29, 0.717) is 22.7 Å². The maximum absolute atomic E-state index is 12.4. The molecule has 0 spiro atoms. The fraction of sp³-hybridized carbons (Fsp3) is 0.500. The summed E-state index contributed by atoms with van der Waals surface area (Å²) in [4.78, 5) is 37.5. The molecule has 134 valence electrons. The van der Waals surface area contributed by atoms with Gasteiger partial charge in [0.1, 0.15) is 0 Å². The summed E-state index contributed by atoms with van der Waals surface area (Å²) in [7, 11) is 1.54. The lowest BCUT2D eigenvalue weighted by molar-refractivity contribution is -0.117. The van der Waals surface area contributed by atoms with E-state index in [0.717, 1.165) is 12.8 Å². The molecule has 25 heavy (non-hydrogen) atoms. The molecule has 1 aliphatic heterocycles. The second kappa shape index (κ2) is 6.38. The maximum atomic E-state index is 12.4. The molecule has 7 heteroatoms. The van der Waals surface area contributed by atoms with Crippen LogP contribution in [0.2, 0.25) is 0 Å². The van der Waals surface area contributed by atoms with Gasteiger partial charge in [0.05, 0.1) is 6.04 Å². The number of nitrogens with zero attached hydrogens (tertiary/aromatic N) is 1. The Balaban J connectivity index is 2.14. The largest absolute Gasteiger partial charge is 0.465 e. The van der Waals surface area contributed by atoms with Gasteiger partial charge in [0.25, 0.3) is 5.91 Å². The zero-order valence-electron chi connectivity index (χ0n) is 14.6. The molecular formula is C18H23N3O4. The lowest BCUT2D eigenvalue weighted by atomic mass is 9.79. The molecule has 3 atom stereocenters. The number of anilines is 1. The highest BCUT2D eigenvalue weighted by atomic mass is 16.4. The van der Waals surface area contributed by atoms with Gasteiger partial charge in [-0.2, -0.15) is 0 Å². The van der Waals surface area contributed by atoms with Crippen LogP contribution in [0.15, 0.2) is 18.2 Å².